The van der Waals surface area contributed by atoms with Gasteiger partial charge in [0.25, 0.3) is 0 Å². The van der Waals surface area contributed by atoms with E-state index in [2.05, 4.69) is 113 Å². The van der Waals surface area contributed by atoms with Crippen LogP contribution in [0, 0.1) is 25.7 Å². The predicted octanol–water partition coefficient (Wildman–Crippen LogP) is 28.5. The quantitative estimate of drug-likeness (QED) is 0.0282. The number of fused-ring (bicyclic) bond motifs is 4. The first kappa shape index (κ1) is 86.4. The van der Waals surface area contributed by atoms with Gasteiger partial charge in [-0.15, -0.1) is 0 Å². The molecule has 0 spiro atoms. The van der Waals surface area contributed by atoms with Crippen molar-refractivity contribution in [3.05, 3.63) is 87.0 Å². The Labute approximate surface area is 645 Å². The SMILES string of the molecule is CCCCCCCCCCCCC(CCCCCCCCCC)CCCCn1c(=O)c(-c2ccc(C)[se]2)cc2c1cc(-c1ccc(-c3cc4c([se]3)C(CCCCCC)(CCCCCC)c3[se]c(C)cc3-4)[se]1)c(=O)n2CCCCC(CCCCCCCCCC)CCCCCCCCCCCC. The Morgan fingerprint density at radius 2 is 0.594 bits per heavy atom. The van der Waals surface area contributed by atoms with E-state index < -0.39 is 0 Å². The number of nitrogens with zero attached hydrogens (tertiary/aromatic N) is 2. The molecule has 0 N–H and O–H groups in total. The van der Waals surface area contributed by atoms with Crippen molar-refractivity contribution in [2.75, 3.05) is 0 Å². The first-order valence-electron chi connectivity index (χ1n) is 43.8. The average Bonchev–Trinajstić information content (AvgIpc) is 1.55. The van der Waals surface area contributed by atoms with E-state index in [1.807, 2.05) is 8.87 Å². The van der Waals surface area contributed by atoms with E-state index in [1.165, 1.54) is 352 Å². The van der Waals surface area contributed by atoms with Crippen molar-refractivity contribution in [2.24, 2.45) is 11.8 Å². The van der Waals surface area contributed by atoms with E-state index in [0.29, 0.717) is 27.6 Å². The zero-order valence-electron chi connectivity index (χ0n) is 66.6. The van der Waals surface area contributed by atoms with Crippen molar-refractivity contribution in [1.29, 1.82) is 0 Å². The van der Waals surface area contributed by atoms with Gasteiger partial charge in [-0.05, 0) is 0 Å². The summed E-state index contributed by atoms with van der Waals surface area (Å²) in [5.74, 6) is 1.54. The summed E-state index contributed by atoms with van der Waals surface area (Å²) in [5, 5.41) is 0. The molecule has 0 aliphatic heterocycles. The number of hydrogen-bond donors (Lipinski definition) is 0. The molecule has 2 atom stereocenters. The molecule has 1 aliphatic rings. The second-order valence-electron chi connectivity index (χ2n) is 32.2. The third-order valence-electron chi connectivity index (χ3n) is 23.5. The van der Waals surface area contributed by atoms with Crippen molar-refractivity contribution in [3.8, 4) is 40.0 Å². The summed E-state index contributed by atoms with van der Waals surface area (Å²) in [6, 6.07) is 19.0. The van der Waals surface area contributed by atoms with Crippen LogP contribution in [0.4, 0.5) is 0 Å². The van der Waals surface area contributed by atoms with Crippen LogP contribution < -0.4 is 11.1 Å². The van der Waals surface area contributed by atoms with Crippen molar-refractivity contribution in [2.45, 2.75) is 433 Å². The maximum absolute atomic E-state index is 16.0. The molecule has 4 nitrogen and oxygen atoms in total. The summed E-state index contributed by atoms with van der Waals surface area (Å²) in [6.07, 6.45) is 75.5. The summed E-state index contributed by atoms with van der Waals surface area (Å²) in [7, 11) is 0. The number of aryl methyl sites for hydroxylation is 4. The third kappa shape index (κ3) is 29.2. The molecule has 6 aromatic rings. The zero-order valence-corrected chi connectivity index (χ0v) is 73.5. The predicted molar refractivity (Wildman–Crippen MR) is 452 cm³/mol. The molecule has 101 heavy (non-hydrogen) atoms. The zero-order chi connectivity index (χ0) is 71.5. The van der Waals surface area contributed by atoms with Crippen LogP contribution in [0.5, 0.6) is 0 Å². The van der Waals surface area contributed by atoms with E-state index in [9.17, 15) is 0 Å². The topological polar surface area (TPSA) is 44.0 Å². The molecule has 6 aromatic heterocycles. The minimum atomic E-state index is -0.00733. The molecular formula is C93H150N2O2Se4. The summed E-state index contributed by atoms with van der Waals surface area (Å²) in [4.78, 5) is 31.6. The minimum absolute atomic E-state index is 0.00733. The van der Waals surface area contributed by atoms with Gasteiger partial charge in [-0.2, -0.15) is 0 Å². The molecule has 2 unspecified atom stereocenters. The van der Waals surface area contributed by atoms with Crippen LogP contribution in [0.3, 0.4) is 0 Å². The Kier molecular flexibility index (Phi) is 44.0. The average molecular weight is 1640 g/mol. The molecule has 0 amide bonds. The number of rotatable bonds is 63. The van der Waals surface area contributed by atoms with Crippen molar-refractivity contribution >= 4 is 69.0 Å². The van der Waals surface area contributed by atoms with Crippen LogP contribution >= 0.6 is 0 Å². The second kappa shape index (κ2) is 51.5. The summed E-state index contributed by atoms with van der Waals surface area (Å²) < 4.78 is 16.5. The molecule has 0 fully saturated rings. The second-order valence-corrected chi connectivity index (χ2v) is 42.0. The number of aromatic nitrogens is 2. The fourth-order valence-electron chi connectivity index (χ4n) is 17.3. The monoisotopic (exact) mass is 1650 g/mol. The fourth-order valence-corrected chi connectivity index (χ4v) is 27.8. The van der Waals surface area contributed by atoms with Crippen LogP contribution in [0.2, 0.25) is 0 Å². The Balaban J connectivity index is 1.19. The number of pyridine rings is 2. The van der Waals surface area contributed by atoms with Gasteiger partial charge in [0.1, 0.15) is 0 Å². The number of hydrogen-bond acceptors (Lipinski definition) is 2. The molecule has 0 saturated heterocycles. The van der Waals surface area contributed by atoms with E-state index in [1.54, 1.807) is 20.0 Å². The van der Waals surface area contributed by atoms with Crippen molar-refractivity contribution in [1.82, 2.24) is 9.13 Å². The van der Waals surface area contributed by atoms with Gasteiger partial charge in [0, 0.05) is 0 Å². The molecule has 7 rings (SSSR count). The number of unbranched alkanes of at least 4 members (excludes halogenated alkanes) is 40. The summed E-state index contributed by atoms with van der Waals surface area (Å²) >= 11 is 0.821. The van der Waals surface area contributed by atoms with Crippen LogP contribution in [0.15, 0.2) is 58.1 Å². The Morgan fingerprint density at radius 3 is 0.960 bits per heavy atom. The first-order chi connectivity index (χ1) is 49.6. The molecule has 6 heterocycles. The summed E-state index contributed by atoms with van der Waals surface area (Å²) in [6.45, 7) is 20.1. The smallest absolute Gasteiger partial charge is 0.0654 e. The van der Waals surface area contributed by atoms with Crippen molar-refractivity contribution < 1.29 is 0 Å². The fraction of sp³-hybridized carbons (Fsp3) is 0.742. The van der Waals surface area contributed by atoms with Gasteiger partial charge in [0.15, 0.2) is 0 Å². The Hall–Kier alpha value is -1.84. The third-order valence-corrected chi connectivity index (χ3v) is 34.2. The van der Waals surface area contributed by atoms with Gasteiger partial charge >= 0.3 is 443 Å². The Bertz CT molecular complexity index is 3240. The van der Waals surface area contributed by atoms with Gasteiger partial charge in [0.05, 0.1) is 0 Å². The van der Waals surface area contributed by atoms with Gasteiger partial charge in [-0.25, -0.2) is 0 Å². The standard InChI is InChI=1S/C93H150N2O2Se4/c1-9-15-21-27-31-35-37-41-45-49-59-77(57-47-43-39-33-29-23-17-11-3)61-51-55-69-94-84-73-82(86-65-66-87(100-86)88-74-80-79-71-76(8)99-89(79)93(90(80)101-88,67-53-25-19-13-5)68-54-26-20-14-6)92(97)95(83(84)72-81(91(94)96)85-64-63-75(7)98-85)70-56-52-62-78(58-48-44-40-34-30-24-18-12-4)60-50-46-42-38-36-32-28-22-16-10-2/h63-66,71-74,77-78H,9-62,67-70H2,1-8H3. The molecule has 0 bridgehead atoms. The molecule has 1 aliphatic carbocycles. The molecule has 568 valence electrons. The van der Waals surface area contributed by atoms with E-state index in [0.717, 1.165) is 59.7 Å². The van der Waals surface area contributed by atoms with Crippen molar-refractivity contribution in [3.63, 3.8) is 0 Å². The molecule has 8 heteroatoms. The molecule has 0 aromatic carbocycles. The van der Waals surface area contributed by atoms with E-state index >= 15 is 9.59 Å². The molecule has 0 radical (unpaired) electrons. The van der Waals surface area contributed by atoms with Crippen LogP contribution in [-0.2, 0) is 18.5 Å². The van der Waals surface area contributed by atoms with Crippen LogP contribution in [0.1, 0.15) is 419 Å². The van der Waals surface area contributed by atoms with E-state index in [-0.39, 0.29) is 60.0 Å². The van der Waals surface area contributed by atoms with Crippen LogP contribution in [0.25, 0.3) is 51.0 Å². The van der Waals surface area contributed by atoms with Gasteiger partial charge < -0.3 is 0 Å². The molecular weight excluding hydrogens is 1490 g/mol. The first-order valence-corrected chi connectivity index (χ1v) is 50.7. The van der Waals surface area contributed by atoms with Gasteiger partial charge in [-0.3, -0.25) is 0 Å². The summed E-state index contributed by atoms with van der Waals surface area (Å²) in [5.41, 5.74) is 7.46. The normalized spacial score (nSPS) is 13.3. The van der Waals surface area contributed by atoms with E-state index in [4.69, 9.17) is 0 Å². The Morgan fingerprint density at radius 1 is 0.287 bits per heavy atom. The van der Waals surface area contributed by atoms with Gasteiger partial charge in [-0.1, -0.05) is 207 Å². The van der Waals surface area contributed by atoms with Crippen LogP contribution in [-0.4, -0.2) is 67.1 Å². The molecule has 0 saturated carbocycles. The minimum Gasteiger partial charge on any atom is -0.0654 e. The van der Waals surface area contributed by atoms with Gasteiger partial charge in [0.2, 0.25) is 0 Å². The maximum atomic E-state index is 16.0.